The molecular formula is C18H16ClN3O2. The van der Waals surface area contributed by atoms with Crippen LogP contribution in [0.5, 0.6) is 0 Å². The molecule has 0 aliphatic carbocycles. The standard InChI is InChI=1S/C18H16ClN3O2/c19-18-14(8-4-10-20-18)22-16(23)12-21-17(15-9-5-11-24-15)13-6-2-1-3-7-13/h1-11,17,21H,12H2,(H,22,23)/t17-/m0/s1. The number of nitrogens with zero attached hydrogens (tertiary/aromatic N) is 1. The highest BCUT2D eigenvalue weighted by Gasteiger charge is 2.17. The molecule has 122 valence electrons. The fourth-order valence-corrected chi connectivity index (χ4v) is 2.52. The maximum atomic E-state index is 12.2. The number of carbonyl (C=O) groups is 1. The Morgan fingerprint density at radius 2 is 1.96 bits per heavy atom. The van der Waals surface area contributed by atoms with E-state index in [-0.39, 0.29) is 23.6 Å². The molecule has 0 saturated heterocycles. The smallest absolute Gasteiger partial charge is 0.238 e. The predicted octanol–water partition coefficient (Wildman–Crippen LogP) is 3.65. The van der Waals surface area contributed by atoms with Gasteiger partial charge < -0.3 is 9.73 Å². The van der Waals surface area contributed by atoms with Crippen LogP contribution in [0, 0.1) is 0 Å². The summed E-state index contributed by atoms with van der Waals surface area (Å²) in [6.45, 7) is 0.103. The van der Waals surface area contributed by atoms with Gasteiger partial charge in [0.15, 0.2) is 5.15 Å². The van der Waals surface area contributed by atoms with E-state index in [0.717, 1.165) is 11.3 Å². The Morgan fingerprint density at radius 3 is 2.67 bits per heavy atom. The van der Waals surface area contributed by atoms with Crippen LogP contribution < -0.4 is 10.6 Å². The zero-order valence-corrected chi connectivity index (χ0v) is 13.5. The number of amides is 1. The molecule has 3 aromatic rings. The van der Waals surface area contributed by atoms with Crippen molar-refractivity contribution in [1.82, 2.24) is 10.3 Å². The predicted molar refractivity (Wildman–Crippen MR) is 92.9 cm³/mol. The molecule has 3 rings (SSSR count). The quantitative estimate of drug-likeness (QED) is 0.672. The van der Waals surface area contributed by atoms with Crippen LogP contribution in [0.2, 0.25) is 5.15 Å². The van der Waals surface area contributed by atoms with Crippen molar-refractivity contribution in [3.05, 3.63) is 83.5 Å². The van der Waals surface area contributed by atoms with Gasteiger partial charge in [-0.05, 0) is 29.8 Å². The van der Waals surface area contributed by atoms with E-state index < -0.39 is 0 Å². The van der Waals surface area contributed by atoms with Crippen molar-refractivity contribution < 1.29 is 9.21 Å². The molecule has 5 nitrogen and oxygen atoms in total. The highest BCUT2D eigenvalue weighted by Crippen LogP contribution is 2.22. The van der Waals surface area contributed by atoms with Crippen molar-refractivity contribution in [2.24, 2.45) is 0 Å². The summed E-state index contributed by atoms with van der Waals surface area (Å²) in [4.78, 5) is 16.1. The van der Waals surface area contributed by atoms with Gasteiger partial charge in [0.25, 0.3) is 0 Å². The van der Waals surface area contributed by atoms with Crippen molar-refractivity contribution >= 4 is 23.2 Å². The minimum atomic E-state index is -0.212. The van der Waals surface area contributed by atoms with Crippen LogP contribution in [-0.2, 0) is 4.79 Å². The maximum Gasteiger partial charge on any atom is 0.238 e. The molecule has 0 aliphatic rings. The van der Waals surface area contributed by atoms with Gasteiger partial charge in [-0.25, -0.2) is 4.98 Å². The summed E-state index contributed by atoms with van der Waals surface area (Å²) in [5.74, 6) is 0.533. The zero-order chi connectivity index (χ0) is 16.8. The monoisotopic (exact) mass is 341 g/mol. The van der Waals surface area contributed by atoms with E-state index in [1.165, 1.54) is 0 Å². The van der Waals surface area contributed by atoms with Gasteiger partial charge in [0.2, 0.25) is 5.91 Å². The van der Waals surface area contributed by atoms with Crippen molar-refractivity contribution in [3.63, 3.8) is 0 Å². The number of nitrogens with one attached hydrogen (secondary N) is 2. The van der Waals surface area contributed by atoms with E-state index in [0.29, 0.717) is 5.69 Å². The van der Waals surface area contributed by atoms with E-state index in [1.807, 2.05) is 42.5 Å². The molecule has 0 unspecified atom stereocenters. The first-order chi connectivity index (χ1) is 11.7. The first kappa shape index (κ1) is 16.2. The summed E-state index contributed by atoms with van der Waals surface area (Å²) in [5, 5.41) is 6.21. The maximum absolute atomic E-state index is 12.2. The summed E-state index contributed by atoms with van der Waals surface area (Å²) in [6.07, 6.45) is 3.18. The Hall–Kier alpha value is -2.63. The Bertz CT molecular complexity index is 791. The SMILES string of the molecule is O=C(CN[C@@H](c1ccccc1)c1ccco1)Nc1cccnc1Cl. The lowest BCUT2D eigenvalue weighted by atomic mass is 10.0. The first-order valence-corrected chi connectivity index (χ1v) is 7.84. The van der Waals surface area contributed by atoms with Gasteiger partial charge in [0, 0.05) is 6.20 Å². The number of hydrogen-bond acceptors (Lipinski definition) is 4. The zero-order valence-electron chi connectivity index (χ0n) is 12.8. The second kappa shape index (κ2) is 7.77. The van der Waals surface area contributed by atoms with Gasteiger partial charge in [-0.3, -0.25) is 10.1 Å². The van der Waals surface area contributed by atoms with Crippen LogP contribution in [0.15, 0.2) is 71.5 Å². The fourth-order valence-electron chi connectivity index (χ4n) is 2.35. The Morgan fingerprint density at radius 1 is 1.12 bits per heavy atom. The minimum Gasteiger partial charge on any atom is -0.467 e. The Labute approximate surface area is 144 Å². The molecule has 0 spiro atoms. The number of pyridine rings is 1. The van der Waals surface area contributed by atoms with Gasteiger partial charge in [-0.15, -0.1) is 0 Å². The summed E-state index contributed by atoms with van der Waals surface area (Å²) in [7, 11) is 0. The Kier molecular flexibility index (Phi) is 5.25. The molecule has 0 bridgehead atoms. The van der Waals surface area contributed by atoms with Crippen molar-refractivity contribution in [1.29, 1.82) is 0 Å². The van der Waals surface area contributed by atoms with Crippen LogP contribution in [0.25, 0.3) is 0 Å². The number of hydrogen-bond donors (Lipinski definition) is 2. The number of benzene rings is 1. The molecule has 2 heterocycles. The number of anilines is 1. The van der Waals surface area contributed by atoms with Crippen molar-refractivity contribution in [2.75, 3.05) is 11.9 Å². The summed E-state index contributed by atoms with van der Waals surface area (Å²) >= 11 is 5.95. The van der Waals surface area contributed by atoms with Crippen LogP contribution in [0.3, 0.4) is 0 Å². The molecule has 1 aromatic carbocycles. The second-order valence-corrected chi connectivity index (χ2v) is 5.49. The fraction of sp³-hybridized carbons (Fsp3) is 0.111. The molecule has 0 aliphatic heterocycles. The molecule has 24 heavy (non-hydrogen) atoms. The Balaban J connectivity index is 1.68. The van der Waals surface area contributed by atoms with Crippen LogP contribution in [-0.4, -0.2) is 17.4 Å². The lowest BCUT2D eigenvalue weighted by Gasteiger charge is -2.17. The van der Waals surface area contributed by atoms with E-state index in [9.17, 15) is 4.79 Å². The molecule has 1 amide bonds. The van der Waals surface area contributed by atoms with Crippen LogP contribution in [0.1, 0.15) is 17.4 Å². The highest BCUT2D eigenvalue weighted by atomic mass is 35.5. The van der Waals surface area contributed by atoms with E-state index in [1.54, 1.807) is 24.6 Å². The summed E-state index contributed by atoms with van der Waals surface area (Å²) < 4.78 is 5.49. The van der Waals surface area contributed by atoms with Gasteiger partial charge >= 0.3 is 0 Å². The molecule has 6 heteroatoms. The largest absolute Gasteiger partial charge is 0.467 e. The lowest BCUT2D eigenvalue weighted by molar-refractivity contribution is -0.115. The molecular weight excluding hydrogens is 326 g/mol. The number of carbonyl (C=O) groups excluding carboxylic acids is 1. The molecule has 0 saturated carbocycles. The lowest BCUT2D eigenvalue weighted by Crippen LogP contribution is -2.31. The van der Waals surface area contributed by atoms with Crippen LogP contribution in [0.4, 0.5) is 5.69 Å². The molecule has 1 atom stereocenters. The number of rotatable bonds is 6. The average Bonchev–Trinajstić information content (AvgIpc) is 3.12. The van der Waals surface area contributed by atoms with Gasteiger partial charge in [-0.1, -0.05) is 41.9 Å². The summed E-state index contributed by atoms with van der Waals surface area (Å²) in [5.41, 5.74) is 1.50. The molecule has 2 aromatic heterocycles. The molecule has 2 N–H and O–H groups in total. The van der Waals surface area contributed by atoms with Gasteiger partial charge in [0.1, 0.15) is 5.76 Å². The van der Waals surface area contributed by atoms with Crippen LogP contribution >= 0.6 is 11.6 Å². The van der Waals surface area contributed by atoms with Crippen molar-refractivity contribution in [3.8, 4) is 0 Å². The average molecular weight is 342 g/mol. The van der Waals surface area contributed by atoms with E-state index >= 15 is 0 Å². The highest BCUT2D eigenvalue weighted by molar-refractivity contribution is 6.32. The number of furan rings is 1. The topological polar surface area (TPSA) is 67.2 Å². The third-order valence-electron chi connectivity index (χ3n) is 3.46. The third kappa shape index (κ3) is 4.01. The van der Waals surface area contributed by atoms with E-state index in [2.05, 4.69) is 15.6 Å². The first-order valence-electron chi connectivity index (χ1n) is 7.46. The third-order valence-corrected chi connectivity index (χ3v) is 3.76. The minimum absolute atomic E-state index is 0.103. The van der Waals surface area contributed by atoms with E-state index in [4.69, 9.17) is 16.0 Å². The number of halogens is 1. The summed E-state index contributed by atoms with van der Waals surface area (Å²) in [6, 6.07) is 16.7. The van der Waals surface area contributed by atoms with Gasteiger partial charge in [-0.2, -0.15) is 0 Å². The molecule has 0 radical (unpaired) electrons. The number of aromatic nitrogens is 1. The normalized spacial score (nSPS) is 11.9. The van der Waals surface area contributed by atoms with Crippen molar-refractivity contribution in [2.45, 2.75) is 6.04 Å². The molecule has 0 fully saturated rings. The van der Waals surface area contributed by atoms with Gasteiger partial charge in [0.05, 0.1) is 24.5 Å². The second-order valence-electron chi connectivity index (χ2n) is 5.13.